The third-order valence-corrected chi connectivity index (χ3v) is 5.34. The molecule has 2 fully saturated rings. The molecule has 3 rings (SSSR count). The van der Waals surface area contributed by atoms with Crippen LogP contribution in [0, 0.1) is 15.5 Å². The Morgan fingerprint density at radius 3 is 2.59 bits per heavy atom. The Kier molecular flexibility index (Phi) is 6.05. The Hall–Kier alpha value is -2.48. The van der Waals surface area contributed by atoms with Crippen LogP contribution in [0.15, 0.2) is 24.3 Å². The van der Waals surface area contributed by atoms with Crippen LogP contribution in [-0.2, 0) is 25.7 Å². The summed E-state index contributed by atoms with van der Waals surface area (Å²) in [6.45, 7) is 2.12. The zero-order chi connectivity index (χ0) is 19.3. The van der Waals surface area contributed by atoms with Crippen LogP contribution in [-0.4, -0.2) is 48.0 Å². The summed E-state index contributed by atoms with van der Waals surface area (Å²) in [7, 11) is 0. The zero-order valence-electron chi connectivity index (χ0n) is 15.2. The first-order valence-electron chi connectivity index (χ1n) is 9.26. The normalized spacial score (nSPS) is 18.9. The van der Waals surface area contributed by atoms with Crippen molar-refractivity contribution in [2.24, 2.45) is 5.41 Å². The van der Waals surface area contributed by atoms with E-state index in [1.54, 1.807) is 17.0 Å². The van der Waals surface area contributed by atoms with Crippen molar-refractivity contribution < 1.29 is 24.0 Å². The van der Waals surface area contributed by atoms with Gasteiger partial charge in [0.2, 0.25) is 5.91 Å². The highest BCUT2D eigenvalue weighted by molar-refractivity contribution is 5.86. The zero-order valence-corrected chi connectivity index (χ0v) is 15.2. The van der Waals surface area contributed by atoms with E-state index in [0.29, 0.717) is 44.7 Å². The summed E-state index contributed by atoms with van der Waals surface area (Å²) in [4.78, 5) is 37.6. The Morgan fingerprint density at radius 2 is 1.93 bits per heavy atom. The van der Waals surface area contributed by atoms with Gasteiger partial charge >= 0.3 is 5.97 Å². The topological polar surface area (TPSA) is 99.0 Å². The number of carbonyl (C=O) groups is 2. The summed E-state index contributed by atoms with van der Waals surface area (Å²) in [5, 5.41) is 10.9. The van der Waals surface area contributed by atoms with E-state index >= 15 is 0 Å². The van der Waals surface area contributed by atoms with Crippen LogP contribution < -0.4 is 0 Å². The fraction of sp³-hybridized carbons (Fsp3) is 0.579. The molecule has 1 saturated heterocycles. The number of non-ortho nitro benzene ring substituents is 1. The van der Waals surface area contributed by atoms with Crippen molar-refractivity contribution in [2.45, 2.75) is 38.7 Å². The number of nitro benzene ring substituents is 1. The molecule has 1 aromatic carbocycles. The van der Waals surface area contributed by atoms with Gasteiger partial charge in [-0.05, 0) is 18.4 Å². The number of morpholine rings is 1. The van der Waals surface area contributed by atoms with Crippen LogP contribution in [0.1, 0.15) is 37.7 Å². The van der Waals surface area contributed by atoms with Crippen molar-refractivity contribution in [3.8, 4) is 0 Å². The Morgan fingerprint density at radius 1 is 1.22 bits per heavy atom. The number of nitro groups is 1. The molecule has 2 aliphatic rings. The molecule has 1 amide bonds. The fourth-order valence-corrected chi connectivity index (χ4v) is 3.78. The third-order valence-electron chi connectivity index (χ3n) is 5.34. The third kappa shape index (κ3) is 4.63. The number of ether oxygens (including phenoxy) is 2. The van der Waals surface area contributed by atoms with Crippen molar-refractivity contribution in [1.29, 1.82) is 0 Å². The van der Waals surface area contributed by atoms with Crippen LogP contribution in [0.2, 0.25) is 0 Å². The maximum absolute atomic E-state index is 12.8. The first-order valence-corrected chi connectivity index (χ1v) is 9.26. The SMILES string of the molecule is O=C(CC1(C(=O)OCc2cccc([N+](=O)[O-])c2)CCCC1)N1CCOCC1. The van der Waals surface area contributed by atoms with Crippen LogP contribution in [0.25, 0.3) is 0 Å². The number of carbonyl (C=O) groups excluding carboxylic acids is 2. The van der Waals surface area contributed by atoms with E-state index < -0.39 is 10.3 Å². The molecule has 1 aliphatic heterocycles. The van der Waals surface area contributed by atoms with Gasteiger partial charge in [0.1, 0.15) is 6.61 Å². The summed E-state index contributed by atoms with van der Waals surface area (Å²) < 4.78 is 10.8. The van der Waals surface area contributed by atoms with E-state index in [1.807, 2.05) is 0 Å². The molecule has 0 N–H and O–H groups in total. The standard InChI is InChI=1S/C19H24N2O6/c22-17(20-8-10-26-11-9-20)13-19(6-1-2-7-19)18(23)27-14-15-4-3-5-16(12-15)21(24)25/h3-5,12H,1-2,6-11,13-14H2. The largest absolute Gasteiger partial charge is 0.460 e. The lowest BCUT2D eigenvalue weighted by Gasteiger charge is -2.32. The van der Waals surface area contributed by atoms with E-state index in [9.17, 15) is 19.7 Å². The predicted octanol–water partition coefficient (Wildman–Crippen LogP) is 2.45. The van der Waals surface area contributed by atoms with E-state index in [4.69, 9.17) is 9.47 Å². The second-order valence-corrected chi connectivity index (χ2v) is 7.16. The van der Waals surface area contributed by atoms with E-state index in [1.165, 1.54) is 12.1 Å². The molecule has 8 heteroatoms. The quantitative estimate of drug-likeness (QED) is 0.430. The molecule has 0 atom stereocenters. The van der Waals surface area contributed by atoms with Gasteiger partial charge in [0.15, 0.2) is 0 Å². The summed E-state index contributed by atoms with van der Waals surface area (Å²) in [6.07, 6.45) is 3.21. The average Bonchev–Trinajstić information content (AvgIpc) is 3.16. The summed E-state index contributed by atoms with van der Waals surface area (Å²) in [6, 6.07) is 6.04. The van der Waals surface area contributed by atoms with Gasteiger partial charge in [-0.2, -0.15) is 0 Å². The lowest BCUT2D eigenvalue weighted by molar-refractivity contribution is -0.384. The molecule has 0 unspecified atom stereocenters. The number of hydrogen-bond acceptors (Lipinski definition) is 6. The first kappa shape index (κ1) is 19.3. The second kappa shape index (κ2) is 8.47. The van der Waals surface area contributed by atoms with Gasteiger partial charge < -0.3 is 14.4 Å². The highest BCUT2D eigenvalue weighted by Crippen LogP contribution is 2.43. The lowest BCUT2D eigenvalue weighted by atomic mass is 9.82. The second-order valence-electron chi connectivity index (χ2n) is 7.16. The van der Waals surface area contributed by atoms with Gasteiger partial charge in [-0.15, -0.1) is 0 Å². The van der Waals surface area contributed by atoms with Crippen molar-refractivity contribution >= 4 is 17.6 Å². The highest BCUT2D eigenvalue weighted by Gasteiger charge is 2.45. The molecule has 0 radical (unpaired) electrons. The summed E-state index contributed by atoms with van der Waals surface area (Å²) in [5.74, 6) is -0.416. The smallest absolute Gasteiger partial charge is 0.312 e. The number of hydrogen-bond donors (Lipinski definition) is 0. The van der Waals surface area contributed by atoms with Gasteiger partial charge in [-0.3, -0.25) is 19.7 Å². The maximum atomic E-state index is 12.8. The molecule has 8 nitrogen and oxygen atoms in total. The van der Waals surface area contributed by atoms with E-state index in [0.717, 1.165) is 12.8 Å². The fourth-order valence-electron chi connectivity index (χ4n) is 3.78. The molecule has 0 spiro atoms. The van der Waals surface area contributed by atoms with E-state index in [2.05, 4.69) is 0 Å². The summed E-state index contributed by atoms with van der Waals surface area (Å²) in [5.41, 5.74) is -0.261. The van der Waals surface area contributed by atoms with E-state index in [-0.39, 0.29) is 30.6 Å². The molecular formula is C19H24N2O6. The summed E-state index contributed by atoms with van der Waals surface area (Å²) >= 11 is 0. The highest BCUT2D eigenvalue weighted by atomic mass is 16.6. The lowest BCUT2D eigenvalue weighted by Crippen LogP contribution is -2.44. The maximum Gasteiger partial charge on any atom is 0.312 e. The first-order chi connectivity index (χ1) is 13.0. The monoisotopic (exact) mass is 376 g/mol. The van der Waals surface area contributed by atoms with Crippen molar-refractivity contribution in [2.75, 3.05) is 26.3 Å². The minimum absolute atomic E-state index is 0.0337. The number of esters is 1. The van der Waals surface area contributed by atoms with Crippen molar-refractivity contribution in [3.63, 3.8) is 0 Å². The van der Waals surface area contributed by atoms with Gasteiger partial charge in [-0.1, -0.05) is 25.0 Å². The molecule has 1 heterocycles. The Labute approximate surface area is 157 Å². The molecule has 0 bridgehead atoms. The van der Waals surface area contributed by atoms with Crippen molar-refractivity contribution in [3.05, 3.63) is 39.9 Å². The van der Waals surface area contributed by atoms with Crippen molar-refractivity contribution in [1.82, 2.24) is 4.90 Å². The van der Waals surface area contributed by atoms with Gasteiger partial charge in [0.25, 0.3) is 5.69 Å². The molecule has 27 heavy (non-hydrogen) atoms. The number of rotatable bonds is 6. The molecular weight excluding hydrogens is 352 g/mol. The molecule has 1 saturated carbocycles. The van der Waals surface area contributed by atoms with Gasteiger partial charge in [-0.25, -0.2) is 0 Å². The molecule has 146 valence electrons. The number of nitrogens with zero attached hydrogens (tertiary/aromatic N) is 2. The van der Waals surface area contributed by atoms with Crippen LogP contribution in [0.5, 0.6) is 0 Å². The molecule has 0 aromatic heterocycles. The minimum atomic E-state index is -0.782. The predicted molar refractivity (Wildman–Crippen MR) is 95.8 cm³/mol. The van der Waals surface area contributed by atoms with Gasteiger partial charge in [0.05, 0.1) is 23.6 Å². The molecule has 1 aromatic rings. The molecule has 1 aliphatic carbocycles. The van der Waals surface area contributed by atoms with Crippen LogP contribution >= 0.6 is 0 Å². The number of amides is 1. The number of benzene rings is 1. The van der Waals surface area contributed by atoms with Crippen LogP contribution in [0.4, 0.5) is 5.69 Å². The van der Waals surface area contributed by atoms with Crippen LogP contribution in [0.3, 0.4) is 0 Å². The Bertz CT molecular complexity index is 708. The average molecular weight is 376 g/mol. The van der Waals surface area contributed by atoms with Gasteiger partial charge in [0, 0.05) is 31.6 Å². The minimum Gasteiger partial charge on any atom is -0.460 e. The Balaban J connectivity index is 1.63.